The lowest BCUT2D eigenvalue weighted by atomic mass is 9.78. The van der Waals surface area contributed by atoms with Gasteiger partial charge < -0.3 is 9.31 Å². The normalized spacial score (nSPS) is 20.0. The molecule has 128 valence electrons. The van der Waals surface area contributed by atoms with Gasteiger partial charge in [0.15, 0.2) is 0 Å². The maximum atomic E-state index is 13.9. The molecule has 0 radical (unpaired) electrons. The maximum absolute atomic E-state index is 13.9. The molecule has 0 saturated carbocycles. The molecule has 23 heavy (non-hydrogen) atoms. The van der Waals surface area contributed by atoms with Crippen molar-refractivity contribution in [1.82, 2.24) is 4.72 Å². The smallest absolute Gasteiger partial charge is 0.399 e. The number of halogens is 1. The summed E-state index contributed by atoms with van der Waals surface area (Å²) in [5, 5.41) is 0. The van der Waals surface area contributed by atoms with Crippen molar-refractivity contribution in [2.24, 2.45) is 0 Å². The summed E-state index contributed by atoms with van der Waals surface area (Å²) < 4.78 is 51.1. The summed E-state index contributed by atoms with van der Waals surface area (Å²) in [6.07, 6.45) is 0. The molecule has 1 aromatic rings. The van der Waals surface area contributed by atoms with E-state index in [0.717, 1.165) is 0 Å². The highest BCUT2D eigenvalue weighted by Crippen LogP contribution is 2.36. The van der Waals surface area contributed by atoms with Crippen molar-refractivity contribution in [3.8, 4) is 0 Å². The predicted molar refractivity (Wildman–Crippen MR) is 88.4 cm³/mol. The van der Waals surface area contributed by atoms with Gasteiger partial charge in [0.25, 0.3) is 0 Å². The minimum Gasteiger partial charge on any atom is -0.399 e. The number of rotatable bonds is 5. The SMILES string of the molecule is CCS(=O)(=O)NCc1cc(F)cc(B2OC(C)(C)C(C)(C)O2)c1. The van der Waals surface area contributed by atoms with Crippen molar-refractivity contribution < 1.29 is 22.1 Å². The molecule has 1 aliphatic heterocycles. The Hall–Kier alpha value is -0.955. The fraction of sp³-hybridized carbons (Fsp3) is 0.600. The predicted octanol–water partition coefficient (Wildman–Crippen LogP) is 1.56. The van der Waals surface area contributed by atoms with E-state index in [2.05, 4.69) is 4.72 Å². The zero-order chi connectivity index (χ0) is 17.5. The van der Waals surface area contributed by atoms with E-state index in [-0.39, 0.29) is 12.3 Å². The first-order chi connectivity index (χ1) is 10.5. The van der Waals surface area contributed by atoms with Crippen LogP contribution in [0.2, 0.25) is 0 Å². The van der Waals surface area contributed by atoms with Gasteiger partial charge in [0.1, 0.15) is 5.82 Å². The van der Waals surface area contributed by atoms with Crippen LogP contribution >= 0.6 is 0 Å². The van der Waals surface area contributed by atoms with Crippen molar-refractivity contribution in [2.75, 3.05) is 5.75 Å². The molecule has 1 heterocycles. The van der Waals surface area contributed by atoms with E-state index in [4.69, 9.17) is 9.31 Å². The fourth-order valence-corrected chi connectivity index (χ4v) is 2.78. The van der Waals surface area contributed by atoms with E-state index in [1.54, 1.807) is 13.0 Å². The van der Waals surface area contributed by atoms with Gasteiger partial charge in [0, 0.05) is 6.54 Å². The number of hydrogen-bond donors (Lipinski definition) is 1. The second-order valence-corrected chi connectivity index (χ2v) is 8.80. The van der Waals surface area contributed by atoms with E-state index < -0.39 is 34.2 Å². The highest BCUT2D eigenvalue weighted by Gasteiger charge is 2.51. The Kier molecular flexibility index (Phi) is 4.93. The quantitative estimate of drug-likeness (QED) is 0.825. The van der Waals surface area contributed by atoms with Crippen molar-refractivity contribution in [3.05, 3.63) is 29.6 Å². The summed E-state index contributed by atoms with van der Waals surface area (Å²) >= 11 is 0. The largest absolute Gasteiger partial charge is 0.494 e. The lowest BCUT2D eigenvalue weighted by Gasteiger charge is -2.32. The van der Waals surface area contributed by atoms with Gasteiger partial charge in [0.2, 0.25) is 10.0 Å². The first-order valence-corrected chi connectivity index (χ1v) is 9.23. The minimum atomic E-state index is -3.33. The second-order valence-electron chi connectivity index (χ2n) is 6.71. The highest BCUT2D eigenvalue weighted by atomic mass is 32.2. The average molecular weight is 343 g/mol. The molecule has 0 aliphatic carbocycles. The third kappa shape index (κ3) is 4.12. The third-order valence-corrected chi connectivity index (χ3v) is 5.73. The Bertz CT molecular complexity index is 675. The molecule has 2 rings (SSSR count). The first-order valence-electron chi connectivity index (χ1n) is 7.58. The van der Waals surface area contributed by atoms with Crippen molar-refractivity contribution in [1.29, 1.82) is 0 Å². The molecule has 0 atom stereocenters. The van der Waals surface area contributed by atoms with Crippen LogP contribution in [0.5, 0.6) is 0 Å². The maximum Gasteiger partial charge on any atom is 0.494 e. The molecule has 1 aromatic carbocycles. The number of hydrogen-bond acceptors (Lipinski definition) is 4. The molecule has 0 bridgehead atoms. The zero-order valence-corrected chi connectivity index (χ0v) is 15.0. The van der Waals surface area contributed by atoms with Crippen LogP contribution in [0.3, 0.4) is 0 Å². The molecule has 0 unspecified atom stereocenters. The second kappa shape index (κ2) is 6.16. The van der Waals surface area contributed by atoms with Crippen LogP contribution in [0.25, 0.3) is 0 Å². The Morgan fingerprint density at radius 1 is 1.13 bits per heavy atom. The summed E-state index contributed by atoms with van der Waals surface area (Å²) in [6.45, 7) is 9.25. The molecule has 1 N–H and O–H groups in total. The molecule has 0 spiro atoms. The summed E-state index contributed by atoms with van der Waals surface area (Å²) in [4.78, 5) is 0. The van der Waals surface area contributed by atoms with Gasteiger partial charge >= 0.3 is 7.12 Å². The van der Waals surface area contributed by atoms with Gasteiger partial charge in [-0.2, -0.15) is 0 Å². The van der Waals surface area contributed by atoms with Gasteiger partial charge in [-0.25, -0.2) is 17.5 Å². The topological polar surface area (TPSA) is 64.6 Å². The highest BCUT2D eigenvalue weighted by molar-refractivity contribution is 7.89. The molecule has 5 nitrogen and oxygen atoms in total. The number of benzene rings is 1. The standard InChI is InChI=1S/C15H23BFNO4S/c1-6-23(19,20)18-10-11-7-12(9-13(17)8-11)16-21-14(2,3)15(4,5)22-16/h7-9,18H,6,10H2,1-5H3. The summed E-state index contributed by atoms with van der Waals surface area (Å²) in [5.74, 6) is -0.477. The van der Waals surface area contributed by atoms with Crippen LogP contribution in [-0.2, 0) is 25.9 Å². The van der Waals surface area contributed by atoms with Gasteiger partial charge in [-0.15, -0.1) is 0 Å². The first kappa shape index (κ1) is 18.4. The molecule has 8 heteroatoms. The van der Waals surface area contributed by atoms with Gasteiger partial charge in [0.05, 0.1) is 17.0 Å². The molecule has 1 aliphatic rings. The number of sulfonamides is 1. The summed E-state index contributed by atoms with van der Waals surface area (Å²) in [5.41, 5.74) is 0.0168. The van der Waals surface area contributed by atoms with Crippen molar-refractivity contribution in [3.63, 3.8) is 0 Å². The lowest BCUT2D eigenvalue weighted by Crippen LogP contribution is -2.41. The van der Waals surface area contributed by atoms with E-state index >= 15 is 0 Å². The van der Waals surface area contributed by atoms with E-state index in [1.165, 1.54) is 12.1 Å². The molecule has 0 aromatic heterocycles. The van der Waals surface area contributed by atoms with Crippen LogP contribution in [0.4, 0.5) is 4.39 Å². The van der Waals surface area contributed by atoms with Crippen LogP contribution in [0.1, 0.15) is 40.2 Å². The summed E-state index contributed by atoms with van der Waals surface area (Å²) in [7, 11) is -4.02. The Labute approximate surface area is 137 Å². The average Bonchev–Trinajstić information content (AvgIpc) is 2.65. The van der Waals surface area contributed by atoms with Crippen LogP contribution in [-0.4, -0.2) is 32.5 Å². The fourth-order valence-electron chi connectivity index (χ4n) is 2.19. The molecule has 0 amide bonds. The van der Waals surface area contributed by atoms with E-state index in [0.29, 0.717) is 11.0 Å². The van der Waals surface area contributed by atoms with E-state index in [9.17, 15) is 12.8 Å². The van der Waals surface area contributed by atoms with Crippen molar-refractivity contribution >= 4 is 22.6 Å². The number of nitrogens with one attached hydrogen (secondary N) is 1. The molecule has 1 saturated heterocycles. The summed E-state index contributed by atoms with van der Waals surface area (Å²) in [6, 6.07) is 4.34. The Morgan fingerprint density at radius 3 is 2.22 bits per heavy atom. The van der Waals surface area contributed by atoms with Crippen LogP contribution < -0.4 is 10.2 Å². The lowest BCUT2D eigenvalue weighted by molar-refractivity contribution is 0.00578. The van der Waals surface area contributed by atoms with Crippen molar-refractivity contribution in [2.45, 2.75) is 52.4 Å². The van der Waals surface area contributed by atoms with Crippen LogP contribution in [0, 0.1) is 5.82 Å². The molecular formula is C15H23BFNO4S. The Balaban J connectivity index is 2.22. The zero-order valence-electron chi connectivity index (χ0n) is 14.1. The Morgan fingerprint density at radius 2 is 1.70 bits per heavy atom. The van der Waals surface area contributed by atoms with Gasteiger partial charge in [-0.1, -0.05) is 6.07 Å². The third-order valence-electron chi connectivity index (χ3n) is 4.38. The van der Waals surface area contributed by atoms with E-state index in [1.807, 2.05) is 27.7 Å². The molecular weight excluding hydrogens is 320 g/mol. The minimum absolute atomic E-state index is 0.0214. The molecule has 1 fully saturated rings. The van der Waals surface area contributed by atoms with Gasteiger partial charge in [-0.05, 0) is 57.8 Å². The van der Waals surface area contributed by atoms with Gasteiger partial charge in [-0.3, -0.25) is 0 Å². The monoisotopic (exact) mass is 343 g/mol. The van der Waals surface area contributed by atoms with Crippen LogP contribution in [0.15, 0.2) is 18.2 Å².